The smallest absolute Gasteiger partial charge is 0.146 e. The van der Waals surface area contributed by atoms with Crippen LogP contribution in [0, 0.1) is 0 Å². The van der Waals surface area contributed by atoms with E-state index in [1.54, 1.807) is 0 Å². The Labute approximate surface area is 86.4 Å². The van der Waals surface area contributed by atoms with Gasteiger partial charge in [0.1, 0.15) is 5.78 Å². The van der Waals surface area contributed by atoms with E-state index in [1.165, 1.54) is 0 Å². The molecule has 0 aromatic carbocycles. The monoisotopic (exact) mass is 199 g/mol. The Morgan fingerprint density at radius 3 is 2.93 bits per heavy atom. The van der Waals surface area contributed by atoms with Crippen molar-refractivity contribution < 1.29 is 9.53 Å². The molecule has 0 N–H and O–H groups in total. The summed E-state index contributed by atoms with van der Waals surface area (Å²) in [6, 6.07) is 0. The Morgan fingerprint density at radius 2 is 2.29 bits per heavy atom. The molecule has 0 aromatic rings. The second-order valence-electron chi connectivity index (χ2n) is 3.85. The van der Waals surface area contributed by atoms with Crippen LogP contribution in [-0.4, -0.2) is 43.0 Å². The van der Waals surface area contributed by atoms with Crippen molar-refractivity contribution in [3.63, 3.8) is 0 Å². The molecule has 3 nitrogen and oxygen atoms in total. The number of piperidine rings is 1. The zero-order valence-electron chi connectivity index (χ0n) is 9.29. The Kier molecular flexibility index (Phi) is 5.12. The maximum Gasteiger partial charge on any atom is 0.146 e. The van der Waals surface area contributed by atoms with E-state index in [1.807, 2.05) is 13.8 Å². The molecule has 0 radical (unpaired) electrons. The molecule has 3 heteroatoms. The minimum atomic E-state index is 0.335. The molecule has 1 heterocycles. The van der Waals surface area contributed by atoms with Gasteiger partial charge in [-0.05, 0) is 26.3 Å². The summed E-state index contributed by atoms with van der Waals surface area (Å²) in [6.45, 7) is 7.32. The van der Waals surface area contributed by atoms with Crippen LogP contribution in [0.3, 0.4) is 0 Å². The fourth-order valence-electron chi connectivity index (χ4n) is 1.89. The summed E-state index contributed by atoms with van der Waals surface area (Å²) in [7, 11) is 0. The van der Waals surface area contributed by atoms with E-state index in [0.717, 1.165) is 32.5 Å². The Hall–Kier alpha value is -0.410. The number of hydrogen-bond acceptors (Lipinski definition) is 3. The van der Waals surface area contributed by atoms with Crippen molar-refractivity contribution in [3.05, 3.63) is 0 Å². The third-order valence-corrected chi connectivity index (χ3v) is 2.66. The van der Waals surface area contributed by atoms with Gasteiger partial charge in [-0.25, -0.2) is 0 Å². The molecule has 82 valence electrons. The lowest BCUT2D eigenvalue weighted by atomic mass is 10.1. The van der Waals surface area contributed by atoms with Gasteiger partial charge in [0.05, 0.1) is 12.6 Å². The number of nitrogens with zero attached hydrogens (tertiary/aromatic N) is 1. The van der Waals surface area contributed by atoms with Gasteiger partial charge >= 0.3 is 0 Å². The van der Waals surface area contributed by atoms with E-state index in [2.05, 4.69) is 4.90 Å². The highest BCUT2D eigenvalue weighted by molar-refractivity contribution is 5.80. The fraction of sp³-hybridized carbons (Fsp3) is 0.909. The van der Waals surface area contributed by atoms with E-state index >= 15 is 0 Å². The lowest BCUT2D eigenvalue weighted by Gasteiger charge is -2.31. The average Bonchev–Trinajstić information content (AvgIpc) is 2.19. The zero-order chi connectivity index (χ0) is 10.4. The molecule has 0 aliphatic carbocycles. The molecule has 0 bridgehead atoms. The highest BCUT2D eigenvalue weighted by Gasteiger charge is 2.20. The molecule has 0 spiro atoms. The van der Waals surface area contributed by atoms with E-state index < -0.39 is 0 Å². The third kappa shape index (κ3) is 3.76. The van der Waals surface area contributed by atoms with Crippen LogP contribution in [0.2, 0.25) is 0 Å². The Morgan fingerprint density at radius 1 is 1.50 bits per heavy atom. The predicted molar refractivity (Wildman–Crippen MR) is 56.4 cm³/mol. The highest BCUT2D eigenvalue weighted by atomic mass is 16.5. The first-order valence-electron chi connectivity index (χ1n) is 5.62. The fourth-order valence-corrected chi connectivity index (χ4v) is 1.89. The van der Waals surface area contributed by atoms with Crippen molar-refractivity contribution in [2.45, 2.75) is 39.2 Å². The lowest BCUT2D eigenvalue weighted by molar-refractivity contribution is -0.120. The summed E-state index contributed by atoms with van der Waals surface area (Å²) < 4.78 is 5.58. The molecular weight excluding hydrogens is 178 g/mol. The predicted octanol–water partition coefficient (Wildman–Crippen LogP) is 1.47. The summed E-state index contributed by atoms with van der Waals surface area (Å²) in [4.78, 5) is 13.5. The number of likely N-dealkylation sites (tertiary alicyclic amines) is 1. The van der Waals surface area contributed by atoms with Crippen LogP contribution < -0.4 is 0 Å². The second-order valence-corrected chi connectivity index (χ2v) is 3.85. The molecule has 1 fully saturated rings. The molecule has 1 rings (SSSR count). The number of carbonyl (C=O) groups is 1. The van der Waals surface area contributed by atoms with Crippen LogP contribution in [0.25, 0.3) is 0 Å². The average molecular weight is 199 g/mol. The maximum atomic E-state index is 11.3. The van der Waals surface area contributed by atoms with Gasteiger partial charge in [-0.3, -0.25) is 9.69 Å². The first-order chi connectivity index (χ1) is 6.76. The zero-order valence-corrected chi connectivity index (χ0v) is 9.29. The second kappa shape index (κ2) is 6.14. The van der Waals surface area contributed by atoms with Crippen LogP contribution in [0.1, 0.15) is 33.1 Å². The molecule has 0 aromatic heterocycles. The van der Waals surface area contributed by atoms with Gasteiger partial charge in [0.25, 0.3) is 0 Å². The van der Waals surface area contributed by atoms with Gasteiger partial charge in [0.2, 0.25) is 0 Å². The van der Waals surface area contributed by atoms with Crippen LogP contribution in [0.4, 0.5) is 0 Å². The van der Waals surface area contributed by atoms with Crippen molar-refractivity contribution in [2.24, 2.45) is 0 Å². The highest BCUT2D eigenvalue weighted by Crippen LogP contribution is 2.12. The minimum Gasteiger partial charge on any atom is -0.377 e. The third-order valence-electron chi connectivity index (χ3n) is 2.66. The molecule has 1 atom stereocenters. The number of rotatable bonds is 5. The van der Waals surface area contributed by atoms with Gasteiger partial charge in [0.15, 0.2) is 0 Å². The molecular formula is C11H21NO2. The number of ether oxygens (including phenoxy) is 1. The minimum absolute atomic E-state index is 0.335. The van der Waals surface area contributed by atoms with Gasteiger partial charge in [-0.2, -0.15) is 0 Å². The molecule has 1 saturated heterocycles. The van der Waals surface area contributed by atoms with Crippen molar-refractivity contribution in [1.29, 1.82) is 0 Å². The number of carbonyl (C=O) groups excluding carboxylic acids is 1. The van der Waals surface area contributed by atoms with Crippen molar-refractivity contribution in [3.8, 4) is 0 Å². The van der Waals surface area contributed by atoms with Crippen molar-refractivity contribution >= 4 is 5.78 Å². The SMILES string of the molecule is CCOC1CCCN(CC(=O)CC)C1. The summed E-state index contributed by atoms with van der Waals surface area (Å²) in [6.07, 6.45) is 3.29. The summed E-state index contributed by atoms with van der Waals surface area (Å²) in [5.41, 5.74) is 0. The largest absolute Gasteiger partial charge is 0.377 e. The van der Waals surface area contributed by atoms with Gasteiger partial charge < -0.3 is 4.74 Å². The Balaban J connectivity index is 2.28. The molecule has 14 heavy (non-hydrogen) atoms. The van der Waals surface area contributed by atoms with E-state index in [0.29, 0.717) is 24.9 Å². The van der Waals surface area contributed by atoms with Crippen molar-refractivity contribution in [2.75, 3.05) is 26.2 Å². The molecule has 0 saturated carbocycles. The Bertz CT molecular complexity index is 180. The van der Waals surface area contributed by atoms with Crippen LogP contribution in [-0.2, 0) is 9.53 Å². The van der Waals surface area contributed by atoms with E-state index in [-0.39, 0.29) is 0 Å². The normalized spacial score (nSPS) is 23.7. The number of hydrogen-bond donors (Lipinski definition) is 0. The maximum absolute atomic E-state index is 11.3. The molecule has 1 unspecified atom stereocenters. The van der Waals surface area contributed by atoms with Gasteiger partial charge in [-0.1, -0.05) is 6.92 Å². The van der Waals surface area contributed by atoms with Crippen LogP contribution in [0.5, 0.6) is 0 Å². The van der Waals surface area contributed by atoms with Gasteiger partial charge in [0, 0.05) is 19.6 Å². The van der Waals surface area contributed by atoms with E-state index in [9.17, 15) is 4.79 Å². The lowest BCUT2D eigenvalue weighted by Crippen LogP contribution is -2.42. The molecule has 0 amide bonds. The molecule has 1 aliphatic heterocycles. The van der Waals surface area contributed by atoms with Crippen molar-refractivity contribution in [1.82, 2.24) is 4.90 Å². The number of ketones is 1. The molecule has 1 aliphatic rings. The summed E-state index contributed by atoms with van der Waals surface area (Å²) in [5, 5.41) is 0. The standard InChI is InChI=1S/C11H21NO2/c1-3-10(13)8-12-7-5-6-11(9-12)14-4-2/h11H,3-9H2,1-2H3. The summed E-state index contributed by atoms with van der Waals surface area (Å²) >= 11 is 0. The quantitative estimate of drug-likeness (QED) is 0.671. The van der Waals surface area contributed by atoms with Crippen LogP contribution >= 0.6 is 0 Å². The van der Waals surface area contributed by atoms with Crippen LogP contribution in [0.15, 0.2) is 0 Å². The first kappa shape index (κ1) is 11.7. The summed E-state index contributed by atoms with van der Waals surface area (Å²) in [5.74, 6) is 0.335. The van der Waals surface area contributed by atoms with Gasteiger partial charge in [-0.15, -0.1) is 0 Å². The van der Waals surface area contributed by atoms with E-state index in [4.69, 9.17) is 4.74 Å². The number of Topliss-reactive ketones (excluding diaryl/α,β-unsaturated/α-hetero) is 1. The first-order valence-corrected chi connectivity index (χ1v) is 5.62. The topological polar surface area (TPSA) is 29.5 Å².